The Kier molecular flexibility index (Phi) is 6.10. The van der Waals surface area contributed by atoms with Crippen LogP contribution in [0.5, 0.6) is 5.75 Å². The van der Waals surface area contributed by atoms with E-state index < -0.39 is 16.4 Å². The molecule has 116 valence electrons. The summed E-state index contributed by atoms with van der Waals surface area (Å²) in [5.74, 6) is -0.653. The minimum Gasteiger partial charge on any atom is -0.492 e. The van der Waals surface area contributed by atoms with Gasteiger partial charge >= 0.3 is 5.97 Å². The molecule has 1 aromatic carbocycles. The van der Waals surface area contributed by atoms with Gasteiger partial charge in [0.1, 0.15) is 15.8 Å². The van der Waals surface area contributed by atoms with Crippen LogP contribution in [0.1, 0.15) is 20.3 Å². The number of hydrogen-bond donors (Lipinski definition) is 2. The van der Waals surface area contributed by atoms with Gasteiger partial charge in [-0.2, -0.15) is 0 Å². The van der Waals surface area contributed by atoms with E-state index in [1.54, 1.807) is 13.0 Å². The number of carboxylic acid groups (broad SMARTS) is 1. The van der Waals surface area contributed by atoms with E-state index in [4.69, 9.17) is 4.74 Å². The first kappa shape index (κ1) is 17.4. The predicted octanol–water partition coefficient (Wildman–Crippen LogP) is 2.58. The zero-order chi connectivity index (χ0) is 16.0. The second-order valence-corrected chi connectivity index (χ2v) is 5.41. The summed E-state index contributed by atoms with van der Waals surface area (Å²) in [6.45, 7) is 4.03. The fourth-order valence-corrected chi connectivity index (χ4v) is 2.30. The Morgan fingerprint density at radius 1 is 1.57 bits per heavy atom. The fraction of sp³-hybridized carbons (Fsp3) is 0.462. The smallest absolute Gasteiger partial charge is 0.323 e. The number of nitro benzene ring substituents is 1. The van der Waals surface area contributed by atoms with Crippen molar-refractivity contribution in [2.75, 3.05) is 13.2 Å². The zero-order valence-corrected chi connectivity index (χ0v) is 13.3. The lowest BCUT2D eigenvalue weighted by Gasteiger charge is -2.25. The number of carbonyl (C=O) groups is 1. The first-order valence-corrected chi connectivity index (χ1v) is 7.15. The van der Waals surface area contributed by atoms with E-state index in [0.717, 1.165) is 0 Å². The second kappa shape index (κ2) is 7.37. The van der Waals surface area contributed by atoms with Crippen molar-refractivity contribution in [1.82, 2.24) is 5.32 Å². The van der Waals surface area contributed by atoms with E-state index in [0.29, 0.717) is 12.3 Å². The highest BCUT2D eigenvalue weighted by Gasteiger charge is 2.31. The number of nitrogens with one attached hydrogen (secondary N) is 1. The molecule has 0 saturated heterocycles. The van der Waals surface area contributed by atoms with Crippen molar-refractivity contribution < 1.29 is 19.6 Å². The minimum atomic E-state index is -1.10. The number of carboxylic acids is 1. The van der Waals surface area contributed by atoms with Gasteiger partial charge in [0.25, 0.3) is 5.69 Å². The molecule has 0 aliphatic rings. The summed E-state index contributed by atoms with van der Waals surface area (Å²) < 4.78 is 5.71. The number of benzene rings is 1. The highest BCUT2D eigenvalue weighted by Crippen LogP contribution is 2.33. The summed E-state index contributed by atoms with van der Waals surface area (Å²) in [5, 5.41) is 22.9. The Morgan fingerprint density at radius 2 is 2.24 bits per heavy atom. The number of hydrogen-bond acceptors (Lipinski definition) is 5. The first-order valence-electron chi connectivity index (χ1n) is 6.36. The van der Waals surface area contributed by atoms with E-state index in [-0.39, 0.29) is 23.2 Å². The molecular weight excluding hydrogens is 344 g/mol. The topological polar surface area (TPSA) is 102 Å². The Balaban J connectivity index is 2.74. The van der Waals surface area contributed by atoms with Crippen molar-refractivity contribution >= 4 is 27.6 Å². The van der Waals surface area contributed by atoms with Gasteiger partial charge in [0.2, 0.25) is 0 Å². The molecule has 0 fully saturated rings. The summed E-state index contributed by atoms with van der Waals surface area (Å²) in [6, 6.07) is 4.46. The number of ether oxygens (including phenoxy) is 1. The summed E-state index contributed by atoms with van der Waals surface area (Å²) in [4.78, 5) is 21.5. The SMILES string of the molecule is CCNC(C)(CCOc1cccc([N+](=O)[O-])c1Br)C(=O)O. The minimum absolute atomic E-state index is 0.0971. The molecule has 1 aromatic rings. The van der Waals surface area contributed by atoms with Gasteiger partial charge in [0, 0.05) is 12.5 Å². The predicted molar refractivity (Wildman–Crippen MR) is 80.6 cm³/mol. The number of halogens is 1. The van der Waals surface area contributed by atoms with Crippen LogP contribution >= 0.6 is 15.9 Å². The van der Waals surface area contributed by atoms with E-state index in [2.05, 4.69) is 21.2 Å². The summed E-state index contributed by atoms with van der Waals surface area (Å²) in [5.41, 5.74) is -1.19. The third kappa shape index (κ3) is 4.40. The molecule has 0 bridgehead atoms. The molecule has 7 nitrogen and oxygen atoms in total. The third-order valence-electron chi connectivity index (χ3n) is 3.04. The van der Waals surface area contributed by atoms with E-state index in [9.17, 15) is 20.0 Å². The molecule has 8 heteroatoms. The number of rotatable bonds is 8. The number of likely N-dealkylation sites (N-methyl/N-ethyl adjacent to an activating group) is 1. The second-order valence-electron chi connectivity index (χ2n) is 4.61. The average Bonchev–Trinajstić information content (AvgIpc) is 2.40. The van der Waals surface area contributed by atoms with Crippen LogP contribution in [0.25, 0.3) is 0 Å². The van der Waals surface area contributed by atoms with Crippen LogP contribution in [0.2, 0.25) is 0 Å². The molecule has 0 amide bonds. The number of nitro groups is 1. The highest BCUT2D eigenvalue weighted by atomic mass is 79.9. The number of aliphatic carboxylic acids is 1. The first-order chi connectivity index (χ1) is 9.81. The molecular formula is C13H17BrN2O5. The Morgan fingerprint density at radius 3 is 2.76 bits per heavy atom. The lowest BCUT2D eigenvalue weighted by atomic mass is 9.98. The van der Waals surface area contributed by atoms with Crippen LogP contribution in [0.3, 0.4) is 0 Å². The molecule has 1 atom stereocenters. The maximum absolute atomic E-state index is 11.2. The molecule has 0 saturated carbocycles. The Bertz CT molecular complexity index is 537. The van der Waals surface area contributed by atoms with Crippen LogP contribution in [0, 0.1) is 10.1 Å². The summed E-state index contributed by atoms with van der Waals surface area (Å²) in [7, 11) is 0. The summed E-state index contributed by atoms with van der Waals surface area (Å²) in [6.07, 6.45) is 0.227. The van der Waals surface area contributed by atoms with Crippen molar-refractivity contribution in [2.45, 2.75) is 25.8 Å². The summed E-state index contributed by atoms with van der Waals surface area (Å²) >= 11 is 3.12. The molecule has 1 unspecified atom stereocenters. The Labute approximate surface area is 130 Å². The largest absolute Gasteiger partial charge is 0.492 e. The molecule has 0 radical (unpaired) electrons. The quantitative estimate of drug-likeness (QED) is 0.545. The fourth-order valence-electron chi connectivity index (χ4n) is 1.78. The van der Waals surface area contributed by atoms with Crippen molar-refractivity contribution in [3.05, 3.63) is 32.8 Å². The van der Waals surface area contributed by atoms with Gasteiger partial charge in [-0.05, 0) is 35.5 Å². The molecule has 0 aromatic heterocycles. The number of nitrogens with zero attached hydrogens (tertiary/aromatic N) is 1. The average molecular weight is 361 g/mol. The zero-order valence-electron chi connectivity index (χ0n) is 11.8. The molecule has 0 heterocycles. The van der Waals surface area contributed by atoms with Crippen LogP contribution in [0.4, 0.5) is 5.69 Å². The lowest BCUT2D eigenvalue weighted by Crippen LogP contribution is -2.50. The van der Waals surface area contributed by atoms with Crippen molar-refractivity contribution in [3.63, 3.8) is 0 Å². The molecule has 2 N–H and O–H groups in total. The van der Waals surface area contributed by atoms with Crippen LogP contribution < -0.4 is 10.1 Å². The molecule has 0 aliphatic heterocycles. The van der Waals surface area contributed by atoms with Crippen LogP contribution in [-0.2, 0) is 4.79 Å². The highest BCUT2D eigenvalue weighted by molar-refractivity contribution is 9.10. The normalized spacial score (nSPS) is 13.5. The van der Waals surface area contributed by atoms with Gasteiger partial charge in [-0.25, -0.2) is 0 Å². The monoisotopic (exact) mass is 360 g/mol. The molecule has 21 heavy (non-hydrogen) atoms. The van der Waals surface area contributed by atoms with Gasteiger partial charge in [-0.15, -0.1) is 0 Å². The maximum Gasteiger partial charge on any atom is 0.323 e. The van der Waals surface area contributed by atoms with Gasteiger partial charge in [0.05, 0.1) is 11.5 Å². The van der Waals surface area contributed by atoms with Crippen LogP contribution in [-0.4, -0.2) is 34.7 Å². The Hall–Kier alpha value is -1.67. The lowest BCUT2D eigenvalue weighted by molar-refractivity contribution is -0.385. The molecule has 0 aliphatic carbocycles. The van der Waals surface area contributed by atoms with Gasteiger partial charge in [0.15, 0.2) is 0 Å². The third-order valence-corrected chi connectivity index (χ3v) is 3.84. The van der Waals surface area contributed by atoms with Gasteiger partial charge in [-0.1, -0.05) is 13.0 Å². The van der Waals surface area contributed by atoms with Gasteiger partial charge < -0.3 is 15.2 Å². The maximum atomic E-state index is 11.2. The van der Waals surface area contributed by atoms with Crippen molar-refractivity contribution in [3.8, 4) is 5.75 Å². The van der Waals surface area contributed by atoms with E-state index >= 15 is 0 Å². The standard InChI is InChI=1S/C13H17BrN2O5/c1-3-15-13(2,12(17)18)7-8-21-10-6-4-5-9(11(10)14)16(19)20/h4-6,15H,3,7-8H2,1-2H3,(H,17,18). The molecule has 1 rings (SSSR count). The van der Waals surface area contributed by atoms with Crippen molar-refractivity contribution in [2.24, 2.45) is 0 Å². The van der Waals surface area contributed by atoms with E-state index in [1.807, 2.05) is 6.92 Å². The van der Waals surface area contributed by atoms with Crippen LogP contribution in [0.15, 0.2) is 22.7 Å². The van der Waals surface area contributed by atoms with Gasteiger partial charge in [-0.3, -0.25) is 14.9 Å². The van der Waals surface area contributed by atoms with Crippen molar-refractivity contribution in [1.29, 1.82) is 0 Å². The molecule has 0 spiro atoms. The van der Waals surface area contributed by atoms with E-state index in [1.165, 1.54) is 12.1 Å².